The minimum Gasteiger partial charge on any atom is -0.480 e. The normalized spacial score (nSPS) is 23.1. The number of nitrogens with zero attached hydrogens (tertiary/aromatic N) is 2. The maximum Gasteiger partial charge on any atom is 0.325 e. The topological polar surface area (TPSA) is 101 Å². The zero-order valence-corrected chi connectivity index (χ0v) is 13.4. The van der Waals surface area contributed by atoms with Crippen molar-refractivity contribution >= 4 is 27.8 Å². The van der Waals surface area contributed by atoms with Crippen LogP contribution in [0, 0.1) is 0 Å². The first-order valence-electron chi connectivity index (χ1n) is 6.72. The van der Waals surface area contributed by atoms with Crippen LogP contribution in [-0.2, 0) is 21.4 Å². The van der Waals surface area contributed by atoms with Crippen LogP contribution in [0.25, 0.3) is 0 Å². The van der Waals surface area contributed by atoms with Crippen molar-refractivity contribution in [2.45, 2.75) is 48.4 Å². The summed E-state index contributed by atoms with van der Waals surface area (Å²) >= 11 is 1.68. The Morgan fingerprint density at radius 3 is 2.90 bits per heavy atom. The lowest BCUT2D eigenvalue weighted by Crippen LogP contribution is -2.43. The lowest BCUT2D eigenvalue weighted by atomic mass is 9.96. The maximum absolute atomic E-state index is 12.3. The van der Waals surface area contributed by atoms with E-state index in [-0.39, 0.29) is 22.7 Å². The summed E-state index contributed by atoms with van der Waals surface area (Å²) < 4.78 is 28.5. The van der Waals surface area contributed by atoms with Gasteiger partial charge in [-0.3, -0.25) is 9.48 Å². The van der Waals surface area contributed by atoms with Crippen molar-refractivity contribution in [2.24, 2.45) is 0 Å². The van der Waals surface area contributed by atoms with Gasteiger partial charge < -0.3 is 5.11 Å². The van der Waals surface area contributed by atoms with Crippen LogP contribution in [0.2, 0.25) is 0 Å². The van der Waals surface area contributed by atoms with Crippen LogP contribution in [0.5, 0.6) is 0 Å². The van der Waals surface area contributed by atoms with Crippen molar-refractivity contribution in [3.8, 4) is 0 Å². The lowest BCUT2D eigenvalue weighted by molar-refractivity contribution is -0.137. The van der Waals surface area contributed by atoms with Crippen molar-refractivity contribution in [1.29, 1.82) is 0 Å². The maximum atomic E-state index is 12.3. The van der Waals surface area contributed by atoms with Gasteiger partial charge in [0.15, 0.2) is 0 Å². The third-order valence-corrected chi connectivity index (χ3v) is 6.14. The van der Waals surface area contributed by atoms with E-state index >= 15 is 0 Å². The van der Waals surface area contributed by atoms with Crippen LogP contribution in [0.4, 0.5) is 0 Å². The molecule has 1 aliphatic carbocycles. The largest absolute Gasteiger partial charge is 0.480 e. The van der Waals surface area contributed by atoms with Crippen LogP contribution in [-0.4, -0.2) is 46.8 Å². The molecule has 118 valence electrons. The average molecular weight is 333 g/mol. The highest BCUT2D eigenvalue weighted by Gasteiger charge is 2.29. The molecule has 1 heterocycles. The number of nitrogens with one attached hydrogen (secondary N) is 1. The number of hydrogen-bond donors (Lipinski definition) is 2. The summed E-state index contributed by atoms with van der Waals surface area (Å²) in [5.74, 6) is -1.07. The first-order chi connectivity index (χ1) is 9.92. The molecule has 7 nitrogen and oxygen atoms in total. The molecule has 21 heavy (non-hydrogen) atoms. The zero-order chi connectivity index (χ0) is 15.5. The Bertz CT molecular complexity index is 599. The van der Waals surface area contributed by atoms with Crippen LogP contribution < -0.4 is 4.72 Å². The smallest absolute Gasteiger partial charge is 0.325 e. The molecule has 1 aromatic rings. The van der Waals surface area contributed by atoms with E-state index in [2.05, 4.69) is 9.82 Å². The Morgan fingerprint density at radius 2 is 2.24 bits per heavy atom. The Labute approximate surface area is 128 Å². The second kappa shape index (κ2) is 6.80. The van der Waals surface area contributed by atoms with Gasteiger partial charge in [-0.05, 0) is 19.1 Å². The highest BCUT2D eigenvalue weighted by molar-refractivity contribution is 7.99. The molecule has 0 amide bonds. The highest BCUT2D eigenvalue weighted by atomic mass is 32.2. The molecule has 0 aromatic carbocycles. The number of carboxylic acid groups (broad SMARTS) is 1. The van der Waals surface area contributed by atoms with E-state index in [1.165, 1.54) is 12.4 Å². The van der Waals surface area contributed by atoms with E-state index in [0.29, 0.717) is 0 Å². The number of sulfonamides is 1. The fourth-order valence-corrected chi connectivity index (χ4v) is 4.77. The third-order valence-electron chi connectivity index (χ3n) is 3.53. The number of carboxylic acids is 1. The standard InChI is InChI=1S/C12H19N3O4S2/c1-20-11-5-3-2-4-10(11)14-21(18,19)9-6-13-15(7-9)8-12(16)17/h6-7,10-11,14H,2-5,8H2,1H3,(H,16,17). The first kappa shape index (κ1) is 16.3. The molecule has 0 spiro atoms. The molecule has 1 aromatic heterocycles. The number of aromatic nitrogens is 2. The SMILES string of the molecule is CSC1CCCCC1NS(=O)(=O)c1cnn(CC(=O)O)c1. The molecule has 0 saturated heterocycles. The minimum atomic E-state index is -3.66. The molecular formula is C12H19N3O4S2. The zero-order valence-electron chi connectivity index (χ0n) is 11.7. The van der Waals surface area contributed by atoms with Crippen LogP contribution in [0.15, 0.2) is 17.3 Å². The van der Waals surface area contributed by atoms with Gasteiger partial charge in [0, 0.05) is 17.5 Å². The Balaban J connectivity index is 2.10. The summed E-state index contributed by atoms with van der Waals surface area (Å²) in [6, 6.07) is -0.0819. The van der Waals surface area contributed by atoms with Gasteiger partial charge in [0.25, 0.3) is 0 Å². The van der Waals surface area contributed by atoms with E-state index in [1.54, 1.807) is 11.8 Å². The Kier molecular flexibility index (Phi) is 5.28. The first-order valence-corrected chi connectivity index (χ1v) is 9.49. The predicted octanol–water partition coefficient (Wildman–Crippen LogP) is 0.920. The van der Waals surface area contributed by atoms with Gasteiger partial charge in [-0.25, -0.2) is 13.1 Å². The van der Waals surface area contributed by atoms with Gasteiger partial charge in [-0.1, -0.05) is 12.8 Å². The minimum absolute atomic E-state index is 0.00850. The molecule has 1 saturated carbocycles. The average Bonchev–Trinajstić information content (AvgIpc) is 2.87. The molecular weight excluding hydrogens is 314 g/mol. The second-order valence-corrected chi connectivity index (χ2v) is 7.84. The molecule has 0 radical (unpaired) electrons. The van der Waals surface area contributed by atoms with Crippen molar-refractivity contribution in [2.75, 3.05) is 6.26 Å². The van der Waals surface area contributed by atoms with Gasteiger partial charge in [0.1, 0.15) is 11.4 Å². The molecule has 2 N–H and O–H groups in total. The summed E-state index contributed by atoms with van der Waals surface area (Å²) in [4.78, 5) is 10.6. The number of hydrogen-bond acceptors (Lipinski definition) is 5. The monoisotopic (exact) mass is 333 g/mol. The number of thioether (sulfide) groups is 1. The number of aliphatic carboxylic acids is 1. The molecule has 1 fully saturated rings. The van der Waals surface area contributed by atoms with E-state index in [1.807, 2.05) is 6.26 Å². The predicted molar refractivity (Wildman–Crippen MR) is 79.7 cm³/mol. The van der Waals surface area contributed by atoms with E-state index < -0.39 is 16.0 Å². The van der Waals surface area contributed by atoms with Crippen LogP contribution >= 0.6 is 11.8 Å². The lowest BCUT2D eigenvalue weighted by Gasteiger charge is -2.30. The Morgan fingerprint density at radius 1 is 1.52 bits per heavy atom. The Hall–Kier alpha value is -1.06. The second-order valence-electron chi connectivity index (χ2n) is 5.05. The van der Waals surface area contributed by atoms with Crippen molar-refractivity contribution < 1.29 is 18.3 Å². The fourth-order valence-electron chi connectivity index (χ4n) is 2.49. The fraction of sp³-hybridized carbons (Fsp3) is 0.667. The van der Waals surface area contributed by atoms with E-state index in [0.717, 1.165) is 30.4 Å². The summed E-state index contributed by atoms with van der Waals surface area (Å²) in [6.45, 7) is -0.355. The molecule has 0 aliphatic heterocycles. The molecule has 2 atom stereocenters. The molecule has 2 unspecified atom stereocenters. The third kappa shape index (κ3) is 4.21. The van der Waals surface area contributed by atoms with Crippen molar-refractivity contribution in [3.63, 3.8) is 0 Å². The van der Waals surface area contributed by atoms with Crippen LogP contribution in [0.3, 0.4) is 0 Å². The van der Waals surface area contributed by atoms with E-state index in [9.17, 15) is 13.2 Å². The van der Waals surface area contributed by atoms with Gasteiger partial charge >= 0.3 is 5.97 Å². The van der Waals surface area contributed by atoms with Gasteiger partial charge in [-0.2, -0.15) is 16.9 Å². The van der Waals surface area contributed by atoms with E-state index in [4.69, 9.17) is 5.11 Å². The number of rotatable bonds is 6. The highest BCUT2D eigenvalue weighted by Crippen LogP contribution is 2.28. The van der Waals surface area contributed by atoms with Crippen molar-refractivity contribution in [1.82, 2.24) is 14.5 Å². The summed E-state index contributed by atoms with van der Waals surface area (Å²) in [5, 5.41) is 12.7. The molecule has 2 rings (SSSR count). The molecule has 9 heteroatoms. The molecule has 0 bridgehead atoms. The summed E-state index contributed by atoms with van der Waals surface area (Å²) in [7, 11) is -3.66. The van der Waals surface area contributed by atoms with Gasteiger partial charge in [0.05, 0.1) is 6.20 Å². The van der Waals surface area contributed by atoms with Gasteiger partial charge in [0.2, 0.25) is 10.0 Å². The van der Waals surface area contributed by atoms with Crippen molar-refractivity contribution in [3.05, 3.63) is 12.4 Å². The van der Waals surface area contributed by atoms with Gasteiger partial charge in [-0.15, -0.1) is 0 Å². The number of carbonyl (C=O) groups is 1. The summed E-state index contributed by atoms with van der Waals surface area (Å²) in [5.41, 5.74) is 0. The quantitative estimate of drug-likeness (QED) is 0.803. The van der Waals surface area contributed by atoms with Crippen LogP contribution in [0.1, 0.15) is 25.7 Å². The summed E-state index contributed by atoms with van der Waals surface area (Å²) in [6.07, 6.45) is 8.39. The molecule has 1 aliphatic rings.